The molecule has 0 aromatic heterocycles. The molecule has 78 valence electrons. The summed E-state index contributed by atoms with van der Waals surface area (Å²) in [7, 11) is 0. The van der Waals surface area contributed by atoms with Crippen molar-refractivity contribution in [2.75, 3.05) is 13.1 Å². The van der Waals surface area contributed by atoms with E-state index >= 15 is 0 Å². The van der Waals surface area contributed by atoms with Crippen LogP contribution in [0.15, 0.2) is 0 Å². The highest BCUT2D eigenvalue weighted by Gasteiger charge is 2.34. The summed E-state index contributed by atoms with van der Waals surface area (Å²) >= 11 is 0. The fourth-order valence-electron chi connectivity index (χ4n) is 2.82. The molecule has 13 heavy (non-hydrogen) atoms. The summed E-state index contributed by atoms with van der Waals surface area (Å²) in [5.41, 5.74) is 0.564. The van der Waals surface area contributed by atoms with Gasteiger partial charge in [0.1, 0.15) is 0 Å². The van der Waals surface area contributed by atoms with Crippen LogP contribution in [0.2, 0.25) is 0 Å². The van der Waals surface area contributed by atoms with E-state index in [1.807, 2.05) is 0 Å². The Labute approximate surface area is 83.5 Å². The Morgan fingerprint density at radius 3 is 2.31 bits per heavy atom. The van der Waals surface area contributed by atoms with Crippen molar-refractivity contribution in [1.82, 2.24) is 4.90 Å². The van der Waals surface area contributed by atoms with E-state index in [0.29, 0.717) is 5.54 Å². The molecule has 1 aliphatic heterocycles. The molecule has 1 rings (SSSR count). The lowest BCUT2D eigenvalue weighted by molar-refractivity contribution is 0.0390. The van der Waals surface area contributed by atoms with Gasteiger partial charge in [0.05, 0.1) is 0 Å². The minimum absolute atomic E-state index is 0.564. The highest BCUT2D eigenvalue weighted by atomic mass is 15.2. The third kappa shape index (κ3) is 2.25. The highest BCUT2D eigenvalue weighted by Crippen LogP contribution is 2.33. The van der Waals surface area contributed by atoms with E-state index in [4.69, 9.17) is 0 Å². The molecule has 0 N–H and O–H groups in total. The predicted molar refractivity (Wildman–Crippen MR) is 59.0 cm³/mol. The Kier molecular flexibility index (Phi) is 4.24. The Morgan fingerprint density at radius 2 is 1.77 bits per heavy atom. The van der Waals surface area contributed by atoms with Gasteiger partial charge in [0.2, 0.25) is 0 Å². The molecule has 1 nitrogen and oxygen atoms in total. The van der Waals surface area contributed by atoms with Crippen LogP contribution in [0.25, 0.3) is 0 Å². The molecule has 0 radical (unpaired) electrons. The van der Waals surface area contributed by atoms with Gasteiger partial charge in [-0.05, 0) is 45.2 Å². The van der Waals surface area contributed by atoms with Crippen molar-refractivity contribution in [2.24, 2.45) is 0 Å². The normalized spacial score (nSPS) is 23.3. The Morgan fingerprint density at radius 1 is 1.08 bits per heavy atom. The SMILES string of the molecule is CCCN1CCCCC1(CC)CC. The predicted octanol–water partition coefficient (Wildman–Crippen LogP) is 3.44. The summed E-state index contributed by atoms with van der Waals surface area (Å²) in [6.07, 6.45) is 8.28. The molecule has 1 heteroatoms. The quantitative estimate of drug-likeness (QED) is 0.645. The molecule has 1 aliphatic rings. The minimum Gasteiger partial charge on any atom is -0.298 e. The van der Waals surface area contributed by atoms with E-state index in [9.17, 15) is 0 Å². The maximum atomic E-state index is 2.75. The molecule has 0 unspecified atom stereocenters. The van der Waals surface area contributed by atoms with Gasteiger partial charge in [0.15, 0.2) is 0 Å². The molecule has 0 aromatic carbocycles. The molecule has 0 amide bonds. The average Bonchev–Trinajstić information content (AvgIpc) is 2.20. The van der Waals surface area contributed by atoms with Crippen molar-refractivity contribution in [1.29, 1.82) is 0 Å². The van der Waals surface area contributed by atoms with Crippen LogP contribution in [-0.4, -0.2) is 23.5 Å². The first kappa shape index (κ1) is 11.0. The molecule has 1 saturated heterocycles. The van der Waals surface area contributed by atoms with E-state index < -0.39 is 0 Å². The van der Waals surface area contributed by atoms with Gasteiger partial charge in [0, 0.05) is 5.54 Å². The lowest BCUT2D eigenvalue weighted by Gasteiger charge is -2.47. The zero-order valence-corrected chi connectivity index (χ0v) is 9.60. The third-order valence-corrected chi connectivity index (χ3v) is 3.80. The molecule has 0 atom stereocenters. The van der Waals surface area contributed by atoms with Gasteiger partial charge in [-0.2, -0.15) is 0 Å². The van der Waals surface area contributed by atoms with Gasteiger partial charge in [-0.3, -0.25) is 4.90 Å². The Balaban J connectivity index is 2.63. The number of rotatable bonds is 4. The second kappa shape index (κ2) is 4.99. The largest absolute Gasteiger partial charge is 0.298 e. The van der Waals surface area contributed by atoms with Crippen LogP contribution in [0.3, 0.4) is 0 Å². The van der Waals surface area contributed by atoms with Crippen LogP contribution in [0.4, 0.5) is 0 Å². The first-order valence-electron chi connectivity index (χ1n) is 6.04. The van der Waals surface area contributed by atoms with Crippen LogP contribution in [0.5, 0.6) is 0 Å². The fourth-order valence-corrected chi connectivity index (χ4v) is 2.82. The van der Waals surface area contributed by atoms with Gasteiger partial charge >= 0.3 is 0 Å². The maximum Gasteiger partial charge on any atom is 0.0204 e. The number of piperidine rings is 1. The van der Waals surface area contributed by atoms with Crippen molar-refractivity contribution in [2.45, 2.75) is 64.8 Å². The highest BCUT2D eigenvalue weighted by molar-refractivity contribution is 4.91. The number of likely N-dealkylation sites (tertiary alicyclic amines) is 1. The van der Waals surface area contributed by atoms with E-state index in [1.54, 1.807) is 0 Å². The number of nitrogens with zero attached hydrogens (tertiary/aromatic N) is 1. The molecule has 0 bridgehead atoms. The van der Waals surface area contributed by atoms with E-state index in [1.165, 1.54) is 51.6 Å². The second-order valence-corrected chi connectivity index (χ2v) is 4.38. The van der Waals surface area contributed by atoms with E-state index in [2.05, 4.69) is 25.7 Å². The van der Waals surface area contributed by atoms with Gasteiger partial charge in [-0.25, -0.2) is 0 Å². The van der Waals surface area contributed by atoms with Crippen LogP contribution in [-0.2, 0) is 0 Å². The van der Waals surface area contributed by atoms with Crippen molar-refractivity contribution in [3.05, 3.63) is 0 Å². The second-order valence-electron chi connectivity index (χ2n) is 4.38. The zero-order valence-electron chi connectivity index (χ0n) is 9.60. The third-order valence-electron chi connectivity index (χ3n) is 3.80. The van der Waals surface area contributed by atoms with Crippen LogP contribution in [0.1, 0.15) is 59.3 Å². The number of hydrogen-bond donors (Lipinski definition) is 0. The zero-order chi connectivity index (χ0) is 9.73. The summed E-state index contributed by atoms with van der Waals surface area (Å²) in [5, 5.41) is 0. The first-order valence-corrected chi connectivity index (χ1v) is 6.04. The summed E-state index contributed by atoms with van der Waals surface area (Å²) < 4.78 is 0. The van der Waals surface area contributed by atoms with Gasteiger partial charge in [-0.15, -0.1) is 0 Å². The fraction of sp³-hybridized carbons (Fsp3) is 1.00. The molecule has 1 heterocycles. The smallest absolute Gasteiger partial charge is 0.0204 e. The summed E-state index contributed by atoms with van der Waals surface area (Å²) in [5.74, 6) is 0. The van der Waals surface area contributed by atoms with Gasteiger partial charge in [0.25, 0.3) is 0 Å². The summed E-state index contributed by atoms with van der Waals surface area (Å²) in [6.45, 7) is 9.66. The first-order chi connectivity index (χ1) is 6.29. The van der Waals surface area contributed by atoms with Crippen molar-refractivity contribution < 1.29 is 0 Å². The molecule has 0 aromatic rings. The average molecular weight is 183 g/mol. The van der Waals surface area contributed by atoms with E-state index in [-0.39, 0.29) is 0 Å². The van der Waals surface area contributed by atoms with Gasteiger partial charge in [-0.1, -0.05) is 27.2 Å². The molecule has 1 fully saturated rings. The maximum absolute atomic E-state index is 2.75. The van der Waals surface area contributed by atoms with Crippen LogP contribution < -0.4 is 0 Å². The lowest BCUT2D eigenvalue weighted by atomic mass is 9.82. The van der Waals surface area contributed by atoms with Gasteiger partial charge < -0.3 is 0 Å². The molecule has 0 spiro atoms. The molecule has 0 aliphatic carbocycles. The standard InChI is InChI=1S/C12H25N/c1-4-10-13-11-8-7-9-12(13,5-2)6-3/h4-11H2,1-3H3. The lowest BCUT2D eigenvalue weighted by Crippen LogP contribution is -2.51. The molecule has 0 saturated carbocycles. The van der Waals surface area contributed by atoms with Crippen molar-refractivity contribution in [3.63, 3.8) is 0 Å². The molecular weight excluding hydrogens is 158 g/mol. The minimum atomic E-state index is 0.564. The monoisotopic (exact) mass is 183 g/mol. The molecular formula is C12H25N. The summed E-state index contributed by atoms with van der Waals surface area (Å²) in [6, 6.07) is 0. The topological polar surface area (TPSA) is 3.24 Å². The van der Waals surface area contributed by atoms with Crippen molar-refractivity contribution >= 4 is 0 Å². The number of hydrogen-bond acceptors (Lipinski definition) is 1. The van der Waals surface area contributed by atoms with E-state index in [0.717, 1.165) is 0 Å². The Bertz CT molecular complexity index is 136. The van der Waals surface area contributed by atoms with Crippen molar-refractivity contribution in [3.8, 4) is 0 Å². The van der Waals surface area contributed by atoms with Crippen LogP contribution >= 0.6 is 0 Å². The summed E-state index contributed by atoms with van der Waals surface area (Å²) in [4.78, 5) is 2.75. The van der Waals surface area contributed by atoms with Crippen LogP contribution in [0, 0.1) is 0 Å². The Hall–Kier alpha value is -0.0400.